The molecule has 0 saturated heterocycles. The Balaban J connectivity index is 2.54. The number of nitrogens with one attached hydrogen (secondary N) is 1. The zero-order valence-corrected chi connectivity index (χ0v) is 7.97. The zero-order valence-electron chi connectivity index (χ0n) is 7.15. The van der Waals surface area contributed by atoms with Gasteiger partial charge in [0.05, 0.1) is 5.69 Å². The van der Waals surface area contributed by atoms with Crippen LogP contribution in [0.15, 0.2) is 24.3 Å². The molecule has 5 heteroatoms. The molecule has 0 aliphatic rings. The smallest absolute Gasteiger partial charge is 0.112 e. The van der Waals surface area contributed by atoms with Crippen LogP contribution in [0.1, 0.15) is 12.5 Å². The summed E-state index contributed by atoms with van der Waals surface area (Å²) in [5.74, 6) is 0. The van der Waals surface area contributed by atoms with Gasteiger partial charge in [0.2, 0.25) is 0 Å². The van der Waals surface area contributed by atoms with Gasteiger partial charge < -0.3 is 4.55 Å². The second kappa shape index (κ2) is 4.96. The number of hydrogen-bond acceptors (Lipinski definition) is 4. The standard InChI is InChI=1S/C8H11NO3S/c1-2-7-3-5-8(6-4-7)9-12-13(10)11/h3-6,9H,2H2,1H3,(H,10,11)/p-1. The molecule has 0 bridgehead atoms. The molecule has 0 aromatic heterocycles. The number of rotatable bonds is 4. The van der Waals surface area contributed by atoms with Crippen molar-refractivity contribution in [2.24, 2.45) is 0 Å². The van der Waals surface area contributed by atoms with Crippen LogP contribution in [0.25, 0.3) is 0 Å². The topological polar surface area (TPSA) is 61.4 Å². The summed E-state index contributed by atoms with van der Waals surface area (Å²) in [4.78, 5) is 0. The lowest BCUT2D eigenvalue weighted by atomic mass is 10.2. The second-order valence-corrected chi connectivity index (χ2v) is 3.01. The van der Waals surface area contributed by atoms with E-state index >= 15 is 0 Å². The highest BCUT2D eigenvalue weighted by molar-refractivity contribution is 7.74. The molecule has 1 aromatic carbocycles. The van der Waals surface area contributed by atoms with Gasteiger partial charge in [0.15, 0.2) is 0 Å². The van der Waals surface area contributed by atoms with Crippen molar-refractivity contribution in [3.8, 4) is 0 Å². The fraction of sp³-hybridized carbons (Fsp3) is 0.250. The van der Waals surface area contributed by atoms with E-state index < -0.39 is 11.4 Å². The van der Waals surface area contributed by atoms with Crippen LogP contribution in [0, 0.1) is 0 Å². The van der Waals surface area contributed by atoms with Crippen LogP contribution in [0.4, 0.5) is 5.69 Å². The van der Waals surface area contributed by atoms with Crippen LogP contribution >= 0.6 is 0 Å². The molecule has 0 radical (unpaired) electrons. The van der Waals surface area contributed by atoms with Crippen LogP contribution in [0.2, 0.25) is 0 Å². The molecule has 0 spiro atoms. The predicted octanol–water partition coefficient (Wildman–Crippen LogP) is 1.39. The fourth-order valence-electron chi connectivity index (χ4n) is 0.891. The van der Waals surface area contributed by atoms with E-state index in [0.717, 1.165) is 6.42 Å². The van der Waals surface area contributed by atoms with Gasteiger partial charge in [-0.1, -0.05) is 19.1 Å². The van der Waals surface area contributed by atoms with Crippen LogP contribution < -0.4 is 5.48 Å². The maximum Gasteiger partial charge on any atom is 0.112 e. The zero-order chi connectivity index (χ0) is 9.68. The third-order valence-electron chi connectivity index (χ3n) is 1.59. The Labute approximate surface area is 79.4 Å². The minimum Gasteiger partial charge on any atom is -0.748 e. The van der Waals surface area contributed by atoms with E-state index in [1.807, 2.05) is 19.1 Å². The molecule has 13 heavy (non-hydrogen) atoms. The monoisotopic (exact) mass is 200 g/mol. The van der Waals surface area contributed by atoms with Gasteiger partial charge in [0.1, 0.15) is 11.4 Å². The Bertz CT molecular complexity index is 286. The van der Waals surface area contributed by atoms with Crippen molar-refractivity contribution >= 4 is 17.0 Å². The number of benzene rings is 1. The first-order chi connectivity index (χ1) is 6.22. The molecular weight excluding hydrogens is 190 g/mol. The molecule has 0 fully saturated rings. The molecule has 1 unspecified atom stereocenters. The Hall–Kier alpha value is -0.910. The van der Waals surface area contributed by atoms with Gasteiger partial charge in [-0.05, 0) is 24.1 Å². The lowest BCUT2D eigenvalue weighted by Gasteiger charge is -2.07. The van der Waals surface area contributed by atoms with E-state index in [4.69, 9.17) is 0 Å². The molecule has 1 rings (SSSR count). The molecule has 4 nitrogen and oxygen atoms in total. The number of hydrogen-bond donors (Lipinski definition) is 1. The van der Waals surface area contributed by atoms with Gasteiger partial charge in [0, 0.05) is 0 Å². The van der Waals surface area contributed by atoms with Crippen molar-refractivity contribution in [2.45, 2.75) is 13.3 Å². The van der Waals surface area contributed by atoms with Crippen molar-refractivity contribution in [3.63, 3.8) is 0 Å². The van der Waals surface area contributed by atoms with E-state index in [9.17, 15) is 8.76 Å². The van der Waals surface area contributed by atoms with Crippen molar-refractivity contribution < 1.29 is 13.0 Å². The van der Waals surface area contributed by atoms with Crippen LogP contribution in [-0.4, -0.2) is 8.76 Å². The minimum absolute atomic E-state index is 0.612. The lowest BCUT2D eigenvalue weighted by molar-refractivity contribution is 0.363. The molecule has 0 saturated carbocycles. The first-order valence-corrected chi connectivity index (χ1v) is 4.84. The highest BCUT2D eigenvalue weighted by Crippen LogP contribution is 2.09. The normalized spacial score (nSPS) is 12.5. The quantitative estimate of drug-likeness (QED) is 0.589. The van der Waals surface area contributed by atoms with E-state index in [1.165, 1.54) is 5.56 Å². The van der Waals surface area contributed by atoms with Crippen LogP contribution in [-0.2, 0) is 22.1 Å². The van der Waals surface area contributed by atoms with E-state index in [2.05, 4.69) is 9.76 Å². The van der Waals surface area contributed by atoms with E-state index in [0.29, 0.717) is 5.69 Å². The Morgan fingerprint density at radius 2 is 2.08 bits per heavy atom. The minimum atomic E-state index is -2.53. The van der Waals surface area contributed by atoms with E-state index in [1.54, 1.807) is 12.1 Å². The third-order valence-corrected chi connectivity index (χ3v) is 1.81. The van der Waals surface area contributed by atoms with Crippen molar-refractivity contribution in [1.82, 2.24) is 0 Å². The average Bonchev–Trinajstić information content (AvgIpc) is 2.15. The summed E-state index contributed by atoms with van der Waals surface area (Å²) < 4.78 is 24.2. The van der Waals surface area contributed by atoms with Gasteiger partial charge in [-0.2, -0.15) is 4.28 Å². The van der Waals surface area contributed by atoms with Gasteiger partial charge >= 0.3 is 0 Å². The third kappa shape index (κ3) is 3.54. The lowest BCUT2D eigenvalue weighted by Crippen LogP contribution is -2.03. The second-order valence-electron chi connectivity index (χ2n) is 2.44. The van der Waals surface area contributed by atoms with Crippen LogP contribution in [0.5, 0.6) is 0 Å². The highest BCUT2D eigenvalue weighted by atomic mass is 32.2. The molecule has 1 N–H and O–H groups in total. The molecule has 0 heterocycles. The summed E-state index contributed by atoms with van der Waals surface area (Å²) in [5.41, 5.74) is 4.08. The summed E-state index contributed by atoms with van der Waals surface area (Å²) in [5, 5.41) is 0. The molecule has 1 atom stereocenters. The maximum atomic E-state index is 10.0. The maximum absolute atomic E-state index is 10.0. The average molecular weight is 200 g/mol. The van der Waals surface area contributed by atoms with Crippen molar-refractivity contribution in [3.05, 3.63) is 29.8 Å². The van der Waals surface area contributed by atoms with Crippen molar-refractivity contribution in [1.29, 1.82) is 0 Å². The summed E-state index contributed by atoms with van der Waals surface area (Å²) in [6.45, 7) is 2.05. The Kier molecular flexibility index (Phi) is 3.88. The first kappa shape index (κ1) is 10.2. The molecular formula is C8H10NO3S-. The molecule has 0 aliphatic carbocycles. The summed E-state index contributed by atoms with van der Waals surface area (Å²) in [6.07, 6.45) is 0.953. The Morgan fingerprint density at radius 3 is 2.54 bits per heavy atom. The molecule has 72 valence electrons. The van der Waals surface area contributed by atoms with Gasteiger partial charge in [0.25, 0.3) is 0 Å². The summed E-state index contributed by atoms with van der Waals surface area (Å²) in [7, 11) is 0. The van der Waals surface area contributed by atoms with Gasteiger partial charge in [-0.15, -0.1) is 0 Å². The highest BCUT2D eigenvalue weighted by Gasteiger charge is 1.91. The predicted molar refractivity (Wildman–Crippen MR) is 49.4 cm³/mol. The Morgan fingerprint density at radius 1 is 1.46 bits per heavy atom. The van der Waals surface area contributed by atoms with Crippen molar-refractivity contribution in [2.75, 3.05) is 5.48 Å². The molecule has 1 aromatic rings. The summed E-state index contributed by atoms with van der Waals surface area (Å²) >= 11 is -2.53. The SMILES string of the molecule is CCc1ccc(NOS(=O)[O-])cc1. The fourth-order valence-corrected chi connectivity index (χ4v) is 1.05. The van der Waals surface area contributed by atoms with E-state index in [-0.39, 0.29) is 0 Å². The number of aryl methyl sites for hydroxylation is 1. The largest absolute Gasteiger partial charge is 0.748 e. The molecule has 0 aliphatic heterocycles. The first-order valence-electron chi connectivity index (χ1n) is 3.84. The molecule has 0 amide bonds. The van der Waals surface area contributed by atoms with Crippen LogP contribution in [0.3, 0.4) is 0 Å². The summed E-state index contributed by atoms with van der Waals surface area (Å²) in [6, 6.07) is 7.32. The van der Waals surface area contributed by atoms with Gasteiger partial charge in [-0.3, -0.25) is 5.48 Å². The number of anilines is 1. The van der Waals surface area contributed by atoms with Gasteiger partial charge in [-0.25, -0.2) is 4.21 Å².